The van der Waals surface area contributed by atoms with Gasteiger partial charge in [0.1, 0.15) is 11.6 Å². The van der Waals surface area contributed by atoms with E-state index in [1.165, 1.54) is 0 Å². The van der Waals surface area contributed by atoms with Crippen molar-refractivity contribution < 1.29 is 4.79 Å². The van der Waals surface area contributed by atoms with Gasteiger partial charge in [0.2, 0.25) is 0 Å². The van der Waals surface area contributed by atoms with Crippen LogP contribution in [-0.2, 0) is 19.5 Å². The number of aromatic amines is 1. The third-order valence-corrected chi connectivity index (χ3v) is 5.65. The first-order valence-electron chi connectivity index (χ1n) is 10.1. The fourth-order valence-electron chi connectivity index (χ4n) is 4.13. The molecule has 29 heavy (non-hydrogen) atoms. The summed E-state index contributed by atoms with van der Waals surface area (Å²) in [6.07, 6.45) is 5.10. The number of para-hydroxylation sites is 1. The molecule has 0 saturated carbocycles. The van der Waals surface area contributed by atoms with E-state index < -0.39 is 6.04 Å². The first kappa shape index (κ1) is 17.8. The van der Waals surface area contributed by atoms with Crippen molar-refractivity contribution in [3.8, 4) is 0 Å². The van der Waals surface area contributed by atoms with Gasteiger partial charge in [-0.3, -0.25) is 10.1 Å². The maximum atomic E-state index is 13.5. The predicted molar refractivity (Wildman–Crippen MR) is 112 cm³/mol. The molecule has 2 aromatic carbocycles. The summed E-state index contributed by atoms with van der Waals surface area (Å²) in [4.78, 5) is 16.8. The predicted octanol–water partition coefficient (Wildman–Crippen LogP) is 3.81. The van der Waals surface area contributed by atoms with Crippen LogP contribution < -0.4 is 5.32 Å². The van der Waals surface area contributed by atoms with E-state index in [4.69, 9.17) is 0 Å². The molecular weight excluding hydrogens is 362 g/mol. The van der Waals surface area contributed by atoms with Crippen LogP contribution in [0.5, 0.6) is 0 Å². The molecule has 0 bridgehead atoms. The highest BCUT2D eigenvalue weighted by Crippen LogP contribution is 2.25. The molecule has 0 saturated heterocycles. The quantitative estimate of drug-likeness (QED) is 0.495. The molecule has 1 aliphatic heterocycles. The Balaban J connectivity index is 1.46. The van der Waals surface area contributed by atoms with Gasteiger partial charge in [-0.15, -0.1) is 10.2 Å². The average Bonchev–Trinajstić information content (AvgIpc) is 3.39. The normalized spacial score (nSPS) is 14.6. The van der Waals surface area contributed by atoms with Crippen molar-refractivity contribution in [2.75, 3.05) is 0 Å². The Morgan fingerprint density at radius 1 is 1.07 bits per heavy atom. The van der Waals surface area contributed by atoms with E-state index in [2.05, 4.69) is 25.1 Å². The summed E-state index contributed by atoms with van der Waals surface area (Å²) in [5.41, 5.74) is 2.61. The van der Waals surface area contributed by atoms with Gasteiger partial charge in [0, 0.05) is 35.6 Å². The number of H-pyrrole nitrogens is 1. The average molecular weight is 385 g/mol. The highest BCUT2D eigenvalue weighted by Gasteiger charge is 2.25. The molecular formula is C23H23N5O. The van der Waals surface area contributed by atoms with E-state index in [-0.39, 0.29) is 5.78 Å². The number of carbonyl (C=O) groups excluding carboxylic acids is 1. The van der Waals surface area contributed by atoms with E-state index in [1.54, 1.807) is 0 Å². The summed E-state index contributed by atoms with van der Waals surface area (Å²) in [5.74, 6) is 1.99. The summed E-state index contributed by atoms with van der Waals surface area (Å²) in [6.45, 7) is 1.45. The number of hydrogen-bond donors (Lipinski definition) is 2. The first-order chi connectivity index (χ1) is 14.3. The number of benzene rings is 2. The number of carbonyl (C=O) groups is 1. The molecule has 6 nitrogen and oxygen atoms in total. The van der Waals surface area contributed by atoms with E-state index in [1.807, 2.05) is 60.8 Å². The lowest BCUT2D eigenvalue weighted by Crippen LogP contribution is -2.30. The number of ketones is 1. The Labute approximate surface area is 169 Å². The largest absolute Gasteiger partial charge is 0.360 e. The van der Waals surface area contributed by atoms with Gasteiger partial charge in [-0.05, 0) is 24.5 Å². The summed E-state index contributed by atoms with van der Waals surface area (Å²) < 4.78 is 2.19. The Hall–Kier alpha value is -3.25. The minimum Gasteiger partial charge on any atom is -0.360 e. The fraction of sp³-hybridized carbons (Fsp3) is 0.261. The molecule has 146 valence electrons. The first-order valence-corrected chi connectivity index (χ1v) is 10.1. The van der Waals surface area contributed by atoms with Crippen LogP contribution in [0.15, 0.2) is 60.8 Å². The second kappa shape index (κ2) is 7.64. The van der Waals surface area contributed by atoms with Gasteiger partial charge >= 0.3 is 0 Å². The van der Waals surface area contributed by atoms with Crippen LogP contribution in [0.25, 0.3) is 10.9 Å². The topological polar surface area (TPSA) is 75.6 Å². The van der Waals surface area contributed by atoms with Crippen LogP contribution in [-0.4, -0.2) is 25.5 Å². The summed E-state index contributed by atoms with van der Waals surface area (Å²) in [7, 11) is 0. The van der Waals surface area contributed by atoms with Crippen molar-refractivity contribution >= 4 is 16.7 Å². The van der Waals surface area contributed by atoms with Gasteiger partial charge in [-0.1, -0.05) is 48.5 Å². The number of nitrogens with one attached hydrogen (secondary N) is 2. The zero-order chi connectivity index (χ0) is 19.6. The number of hydrogen-bond acceptors (Lipinski definition) is 4. The highest BCUT2D eigenvalue weighted by molar-refractivity contribution is 6.10. The van der Waals surface area contributed by atoms with Crippen molar-refractivity contribution in [2.45, 2.75) is 38.4 Å². The molecule has 3 heterocycles. The molecule has 1 aliphatic rings. The molecule has 0 spiro atoms. The molecule has 4 aromatic rings. The summed E-state index contributed by atoms with van der Waals surface area (Å²) >= 11 is 0. The SMILES string of the molecule is O=C(c1c[nH]c2ccccc12)C(NCc1nnc2n1CCCC2)c1ccccc1. The lowest BCUT2D eigenvalue weighted by atomic mass is 9.97. The van der Waals surface area contributed by atoms with Gasteiger partial charge in [0.05, 0.1) is 12.6 Å². The molecule has 0 fully saturated rings. The summed E-state index contributed by atoms with van der Waals surface area (Å²) in [6, 6.07) is 17.3. The van der Waals surface area contributed by atoms with Crippen molar-refractivity contribution in [3.63, 3.8) is 0 Å². The lowest BCUT2D eigenvalue weighted by Gasteiger charge is -2.19. The number of nitrogens with zero attached hydrogens (tertiary/aromatic N) is 3. The van der Waals surface area contributed by atoms with Crippen molar-refractivity contribution in [1.29, 1.82) is 0 Å². The maximum Gasteiger partial charge on any atom is 0.186 e. The standard InChI is InChI=1S/C23H23N5O/c29-23(18-14-24-19-11-5-4-10-17(18)19)22(16-8-2-1-3-9-16)25-15-21-27-26-20-12-6-7-13-28(20)21/h1-5,8-11,14,22,24-25H,6-7,12-13,15H2. The number of aromatic nitrogens is 4. The van der Waals surface area contributed by atoms with Gasteiger partial charge in [-0.25, -0.2) is 0 Å². The van der Waals surface area contributed by atoms with E-state index in [0.29, 0.717) is 12.1 Å². The Morgan fingerprint density at radius 2 is 1.90 bits per heavy atom. The third-order valence-electron chi connectivity index (χ3n) is 5.65. The molecule has 2 aromatic heterocycles. The lowest BCUT2D eigenvalue weighted by molar-refractivity contribution is 0.0943. The van der Waals surface area contributed by atoms with Crippen LogP contribution in [0.3, 0.4) is 0 Å². The number of fused-ring (bicyclic) bond motifs is 2. The minimum atomic E-state index is -0.452. The van der Waals surface area contributed by atoms with Crippen LogP contribution in [0.4, 0.5) is 0 Å². The van der Waals surface area contributed by atoms with Crippen molar-refractivity contribution in [2.24, 2.45) is 0 Å². The fourth-order valence-corrected chi connectivity index (χ4v) is 4.13. The monoisotopic (exact) mass is 385 g/mol. The second-order valence-electron chi connectivity index (χ2n) is 7.48. The van der Waals surface area contributed by atoms with Gasteiger partial charge in [-0.2, -0.15) is 0 Å². The van der Waals surface area contributed by atoms with Crippen LogP contribution in [0, 0.1) is 0 Å². The van der Waals surface area contributed by atoms with Gasteiger partial charge in [0.25, 0.3) is 0 Å². The van der Waals surface area contributed by atoms with Crippen LogP contribution in [0.2, 0.25) is 0 Å². The minimum absolute atomic E-state index is 0.0482. The third kappa shape index (κ3) is 3.36. The molecule has 0 radical (unpaired) electrons. The van der Waals surface area contributed by atoms with Crippen LogP contribution >= 0.6 is 0 Å². The van der Waals surface area contributed by atoms with Crippen LogP contribution in [0.1, 0.15) is 46.5 Å². The Bertz CT molecular complexity index is 1140. The second-order valence-corrected chi connectivity index (χ2v) is 7.48. The number of aryl methyl sites for hydroxylation is 1. The smallest absolute Gasteiger partial charge is 0.186 e. The Kier molecular flexibility index (Phi) is 4.69. The van der Waals surface area contributed by atoms with Gasteiger partial charge < -0.3 is 9.55 Å². The van der Waals surface area contributed by atoms with E-state index >= 15 is 0 Å². The molecule has 1 atom stereocenters. The molecule has 0 amide bonds. The maximum absolute atomic E-state index is 13.5. The molecule has 2 N–H and O–H groups in total. The number of Topliss-reactive ketones (excluding diaryl/α,β-unsaturated/α-hetero) is 1. The Morgan fingerprint density at radius 3 is 2.79 bits per heavy atom. The number of rotatable bonds is 6. The molecule has 0 aliphatic carbocycles. The molecule has 1 unspecified atom stereocenters. The zero-order valence-electron chi connectivity index (χ0n) is 16.1. The zero-order valence-corrected chi connectivity index (χ0v) is 16.1. The van der Waals surface area contributed by atoms with Gasteiger partial charge in [0.15, 0.2) is 5.78 Å². The van der Waals surface area contributed by atoms with Crippen molar-refractivity contribution in [1.82, 2.24) is 25.1 Å². The molecule has 5 rings (SSSR count). The van der Waals surface area contributed by atoms with E-state index in [0.717, 1.165) is 53.9 Å². The molecule has 6 heteroatoms. The van der Waals surface area contributed by atoms with Crippen molar-refractivity contribution in [3.05, 3.63) is 83.6 Å². The highest BCUT2D eigenvalue weighted by atomic mass is 16.1. The van der Waals surface area contributed by atoms with E-state index in [9.17, 15) is 4.79 Å². The summed E-state index contributed by atoms with van der Waals surface area (Å²) in [5, 5.41) is 13.1.